The smallest absolute Gasteiger partial charge is 0.120 e. The molecule has 0 radical (unpaired) electrons. The molecule has 0 amide bonds. The van der Waals surface area contributed by atoms with E-state index in [1.54, 1.807) is 0 Å². The van der Waals surface area contributed by atoms with Gasteiger partial charge in [0, 0.05) is 0 Å². The Morgan fingerprint density at radius 1 is 1.00 bits per heavy atom. The highest BCUT2D eigenvalue weighted by Gasteiger charge is 2.27. The Morgan fingerprint density at radius 2 is 1.65 bits per heavy atom. The third-order valence-corrected chi connectivity index (χ3v) is 3.57. The molecule has 2 heteroatoms. The molecule has 2 N–H and O–H groups in total. The zero-order valence-electron chi connectivity index (χ0n) is 12.5. The summed E-state index contributed by atoms with van der Waals surface area (Å²) in [7, 11) is 0. The molecule has 0 aliphatic heterocycles. The first-order valence-electron chi connectivity index (χ1n) is 7.18. The van der Waals surface area contributed by atoms with Crippen molar-refractivity contribution in [3.63, 3.8) is 0 Å². The van der Waals surface area contributed by atoms with Gasteiger partial charge in [-0.3, -0.25) is 0 Å². The Labute approximate surface area is 121 Å². The number of rotatable bonds is 5. The van der Waals surface area contributed by atoms with Crippen molar-refractivity contribution in [3.05, 3.63) is 65.7 Å². The first kappa shape index (κ1) is 14.6. The number of benzene rings is 2. The molecule has 0 aliphatic rings. The van der Waals surface area contributed by atoms with Gasteiger partial charge in [-0.25, -0.2) is 0 Å². The Balaban J connectivity index is 2.41. The molecule has 106 valence electrons. The highest BCUT2D eigenvalue weighted by atomic mass is 16.5. The van der Waals surface area contributed by atoms with Crippen molar-refractivity contribution >= 4 is 0 Å². The zero-order chi connectivity index (χ0) is 14.6. The normalized spacial score (nSPS) is 14.1. The maximum atomic E-state index is 6.68. The predicted molar refractivity (Wildman–Crippen MR) is 83.9 cm³/mol. The minimum Gasteiger partial charge on any atom is -0.491 e. The molecule has 0 aliphatic carbocycles. The largest absolute Gasteiger partial charge is 0.491 e. The minimum absolute atomic E-state index is 0.163. The van der Waals surface area contributed by atoms with E-state index in [2.05, 4.69) is 31.2 Å². The average Bonchev–Trinajstić information content (AvgIpc) is 2.47. The Hall–Kier alpha value is -1.80. The van der Waals surface area contributed by atoms with Gasteiger partial charge in [0.05, 0.1) is 11.6 Å². The Kier molecular flexibility index (Phi) is 4.46. The molecular weight excluding hydrogens is 246 g/mol. The van der Waals surface area contributed by atoms with Crippen molar-refractivity contribution in [1.82, 2.24) is 0 Å². The maximum Gasteiger partial charge on any atom is 0.120 e. The lowest BCUT2D eigenvalue weighted by molar-refractivity contribution is 0.242. The van der Waals surface area contributed by atoms with Gasteiger partial charge in [0.25, 0.3) is 0 Å². The lowest BCUT2D eigenvalue weighted by atomic mass is 9.81. The van der Waals surface area contributed by atoms with Crippen molar-refractivity contribution in [1.29, 1.82) is 0 Å². The van der Waals surface area contributed by atoms with E-state index >= 15 is 0 Å². The van der Waals surface area contributed by atoms with E-state index in [0.717, 1.165) is 23.3 Å². The van der Waals surface area contributed by atoms with Gasteiger partial charge in [-0.05, 0) is 43.5 Å². The molecule has 20 heavy (non-hydrogen) atoms. The minimum atomic E-state index is -0.475. The molecule has 0 saturated carbocycles. The van der Waals surface area contributed by atoms with E-state index in [1.165, 1.54) is 0 Å². The molecule has 0 aromatic heterocycles. The molecule has 1 unspecified atom stereocenters. The molecule has 0 saturated heterocycles. The predicted octanol–water partition coefficient (Wildman–Crippen LogP) is 4.09. The van der Waals surface area contributed by atoms with Crippen molar-refractivity contribution in [2.24, 2.45) is 5.73 Å². The van der Waals surface area contributed by atoms with Crippen molar-refractivity contribution < 1.29 is 4.74 Å². The quantitative estimate of drug-likeness (QED) is 0.887. The standard InChI is InChI=1S/C18H23NO/c1-4-18(19,15-9-6-5-7-10-15)16-11-8-12-17(13-16)20-14(2)3/h5-14H,4,19H2,1-3H3. The van der Waals surface area contributed by atoms with Crippen LogP contribution in [0.1, 0.15) is 38.3 Å². The topological polar surface area (TPSA) is 35.2 Å². The summed E-state index contributed by atoms with van der Waals surface area (Å²) in [4.78, 5) is 0. The number of ether oxygens (including phenoxy) is 1. The van der Waals surface area contributed by atoms with Crippen LogP contribution in [0.15, 0.2) is 54.6 Å². The molecule has 1 atom stereocenters. The van der Waals surface area contributed by atoms with Gasteiger partial charge in [-0.15, -0.1) is 0 Å². The number of hydrogen-bond acceptors (Lipinski definition) is 2. The zero-order valence-corrected chi connectivity index (χ0v) is 12.5. The fourth-order valence-corrected chi connectivity index (χ4v) is 2.43. The van der Waals surface area contributed by atoms with Gasteiger partial charge in [0.2, 0.25) is 0 Å². The number of hydrogen-bond donors (Lipinski definition) is 1. The molecular formula is C18H23NO. The fraction of sp³-hybridized carbons (Fsp3) is 0.333. The van der Waals surface area contributed by atoms with Gasteiger partial charge in [0.1, 0.15) is 5.75 Å². The Bertz CT molecular complexity index is 550. The molecule has 2 aromatic rings. The summed E-state index contributed by atoms with van der Waals surface area (Å²) in [5.74, 6) is 0.872. The first-order valence-corrected chi connectivity index (χ1v) is 7.18. The van der Waals surface area contributed by atoms with Gasteiger partial charge in [-0.1, -0.05) is 49.4 Å². The molecule has 2 nitrogen and oxygen atoms in total. The lowest BCUT2D eigenvalue weighted by Crippen LogP contribution is -2.37. The second-order valence-electron chi connectivity index (χ2n) is 5.39. The van der Waals surface area contributed by atoms with Crippen molar-refractivity contribution in [2.75, 3.05) is 0 Å². The van der Waals surface area contributed by atoms with Gasteiger partial charge < -0.3 is 10.5 Å². The first-order chi connectivity index (χ1) is 9.56. The lowest BCUT2D eigenvalue weighted by Gasteiger charge is -2.30. The molecule has 2 rings (SSSR count). The second kappa shape index (κ2) is 6.10. The molecule has 0 spiro atoms. The van der Waals surface area contributed by atoms with Crippen LogP contribution in [0.3, 0.4) is 0 Å². The van der Waals surface area contributed by atoms with Crippen LogP contribution in [0, 0.1) is 0 Å². The van der Waals surface area contributed by atoms with Crippen LogP contribution in [0.25, 0.3) is 0 Å². The Morgan fingerprint density at radius 3 is 2.25 bits per heavy atom. The van der Waals surface area contributed by atoms with Crippen LogP contribution >= 0.6 is 0 Å². The van der Waals surface area contributed by atoms with Crippen LogP contribution in [0.5, 0.6) is 5.75 Å². The van der Waals surface area contributed by atoms with E-state index in [4.69, 9.17) is 10.5 Å². The summed E-state index contributed by atoms with van der Waals surface area (Å²) < 4.78 is 5.77. The van der Waals surface area contributed by atoms with Crippen LogP contribution in [0.4, 0.5) is 0 Å². The van der Waals surface area contributed by atoms with Crippen molar-refractivity contribution in [3.8, 4) is 5.75 Å². The average molecular weight is 269 g/mol. The molecule has 0 fully saturated rings. The highest BCUT2D eigenvalue weighted by Crippen LogP contribution is 2.32. The summed E-state index contributed by atoms with van der Waals surface area (Å²) in [5, 5.41) is 0. The monoisotopic (exact) mass is 269 g/mol. The summed E-state index contributed by atoms with van der Waals surface area (Å²) in [6.07, 6.45) is 0.998. The van der Waals surface area contributed by atoms with E-state index in [9.17, 15) is 0 Å². The van der Waals surface area contributed by atoms with Gasteiger partial charge >= 0.3 is 0 Å². The van der Waals surface area contributed by atoms with Crippen LogP contribution in [-0.4, -0.2) is 6.10 Å². The fourth-order valence-electron chi connectivity index (χ4n) is 2.43. The summed E-state index contributed by atoms with van der Waals surface area (Å²) in [6, 6.07) is 18.3. The van der Waals surface area contributed by atoms with Gasteiger partial charge in [0.15, 0.2) is 0 Å². The molecule has 2 aromatic carbocycles. The van der Waals surface area contributed by atoms with E-state index < -0.39 is 5.54 Å². The van der Waals surface area contributed by atoms with Gasteiger partial charge in [-0.2, -0.15) is 0 Å². The SMILES string of the molecule is CCC(N)(c1ccccc1)c1cccc(OC(C)C)c1. The third-order valence-electron chi connectivity index (χ3n) is 3.57. The maximum absolute atomic E-state index is 6.68. The molecule has 0 bridgehead atoms. The van der Waals surface area contributed by atoms with E-state index in [-0.39, 0.29) is 6.10 Å². The summed E-state index contributed by atoms with van der Waals surface area (Å²) in [5.41, 5.74) is 8.43. The highest BCUT2D eigenvalue weighted by molar-refractivity contribution is 5.41. The van der Waals surface area contributed by atoms with Crippen LogP contribution < -0.4 is 10.5 Å². The van der Waals surface area contributed by atoms with Crippen molar-refractivity contribution in [2.45, 2.75) is 38.8 Å². The third kappa shape index (κ3) is 3.02. The van der Waals surface area contributed by atoms with Crippen LogP contribution in [-0.2, 0) is 5.54 Å². The van der Waals surface area contributed by atoms with E-state index in [0.29, 0.717) is 0 Å². The van der Waals surface area contributed by atoms with Crippen LogP contribution in [0.2, 0.25) is 0 Å². The molecule has 0 heterocycles. The summed E-state index contributed by atoms with van der Waals surface area (Å²) in [6.45, 7) is 6.17. The van der Waals surface area contributed by atoms with E-state index in [1.807, 2.05) is 44.2 Å². The number of nitrogens with two attached hydrogens (primary N) is 1. The summed E-state index contributed by atoms with van der Waals surface area (Å²) >= 11 is 0. The second-order valence-corrected chi connectivity index (χ2v) is 5.39.